The third kappa shape index (κ3) is 5.09. The molecule has 1 amide bonds. The molecule has 1 N–H and O–H groups in total. The molecule has 5 heteroatoms. The molecular formula is C30H27N3O2. The third-order valence-corrected chi connectivity index (χ3v) is 6.06. The molecule has 0 bridgehead atoms. The Morgan fingerprint density at radius 3 is 2.03 bits per heavy atom. The molecule has 0 aliphatic rings. The van der Waals surface area contributed by atoms with Gasteiger partial charge in [-0.05, 0) is 48.7 Å². The van der Waals surface area contributed by atoms with Crippen LogP contribution in [0.2, 0.25) is 0 Å². The zero-order chi connectivity index (χ0) is 24.0. The van der Waals surface area contributed by atoms with Gasteiger partial charge in [-0.1, -0.05) is 78.9 Å². The van der Waals surface area contributed by atoms with Crippen molar-refractivity contribution in [3.63, 3.8) is 0 Å². The molecule has 5 rings (SSSR count). The van der Waals surface area contributed by atoms with Crippen LogP contribution in [0.3, 0.4) is 0 Å². The molecule has 0 unspecified atom stereocenters. The summed E-state index contributed by atoms with van der Waals surface area (Å²) in [6.45, 7) is 2.42. The predicted molar refractivity (Wildman–Crippen MR) is 138 cm³/mol. The summed E-state index contributed by atoms with van der Waals surface area (Å²) in [4.78, 5) is 13.3. The monoisotopic (exact) mass is 461 g/mol. The average molecular weight is 462 g/mol. The van der Waals surface area contributed by atoms with E-state index in [0.29, 0.717) is 23.7 Å². The van der Waals surface area contributed by atoms with Crippen molar-refractivity contribution in [2.45, 2.75) is 19.3 Å². The summed E-state index contributed by atoms with van der Waals surface area (Å²) in [5.74, 6) is 1.46. The van der Waals surface area contributed by atoms with E-state index in [1.807, 2.05) is 61.5 Å². The maximum absolute atomic E-state index is 13.3. The SMILES string of the molecule is Cc1ccc(-c2cc(C(=O)NCCC(c3ccccc3)c3ccccc3)n(-c3ccccc3)n2)o1. The molecule has 174 valence electrons. The lowest BCUT2D eigenvalue weighted by Gasteiger charge is -2.18. The maximum Gasteiger partial charge on any atom is 0.270 e. The van der Waals surface area contributed by atoms with Gasteiger partial charge >= 0.3 is 0 Å². The molecule has 0 saturated heterocycles. The Bertz CT molecular complexity index is 1350. The van der Waals surface area contributed by atoms with E-state index in [4.69, 9.17) is 4.42 Å². The van der Waals surface area contributed by atoms with Crippen molar-refractivity contribution in [1.82, 2.24) is 15.1 Å². The number of nitrogens with zero attached hydrogens (tertiary/aromatic N) is 2. The Balaban J connectivity index is 1.38. The highest BCUT2D eigenvalue weighted by Crippen LogP contribution is 2.28. The van der Waals surface area contributed by atoms with Crippen molar-refractivity contribution in [1.29, 1.82) is 0 Å². The first kappa shape index (κ1) is 22.4. The van der Waals surface area contributed by atoms with E-state index in [9.17, 15) is 4.79 Å². The molecule has 5 aromatic rings. The van der Waals surface area contributed by atoms with E-state index >= 15 is 0 Å². The Morgan fingerprint density at radius 1 is 0.857 bits per heavy atom. The zero-order valence-electron chi connectivity index (χ0n) is 19.6. The molecule has 2 heterocycles. The summed E-state index contributed by atoms with van der Waals surface area (Å²) in [6, 6.07) is 36.1. The van der Waals surface area contributed by atoms with Crippen molar-refractivity contribution in [2.24, 2.45) is 0 Å². The Labute approximate surface area is 205 Å². The van der Waals surface area contributed by atoms with Gasteiger partial charge in [-0.3, -0.25) is 4.79 Å². The highest BCUT2D eigenvalue weighted by molar-refractivity contribution is 5.94. The van der Waals surface area contributed by atoms with Crippen LogP contribution in [0.25, 0.3) is 17.1 Å². The van der Waals surface area contributed by atoms with Gasteiger partial charge in [0.05, 0.1) is 5.69 Å². The summed E-state index contributed by atoms with van der Waals surface area (Å²) in [5, 5.41) is 7.80. The molecule has 0 atom stereocenters. The first-order valence-corrected chi connectivity index (χ1v) is 11.8. The van der Waals surface area contributed by atoms with Gasteiger partial charge in [0.2, 0.25) is 0 Å². The van der Waals surface area contributed by atoms with Crippen molar-refractivity contribution in [3.05, 3.63) is 132 Å². The first-order valence-electron chi connectivity index (χ1n) is 11.8. The van der Waals surface area contributed by atoms with Gasteiger partial charge in [-0.2, -0.15) is 5.10 Å². The van der Waals surface area contributed by atoms with Crippen LogP contribution in [-0.4, -0.2) is 22.2 Å². The van der Waals surface area contributed by atoms with Crippen LogP contribution in [0.4, 0.5) is 0 Å². The lowest BCUT2D eigenvalue weighted by atomic mass is 9.88. The second-order valence-electron chi connectivity index (χ2n) is 8.49. The minimum atomic E-state index is -0.171. The fraction of sp³-hybridized carbons (Fsp3) is 0.133. The molecule has 5 nitrogen and oxygen atoms in total. The Kier molecular flexibility index (Phi) is 6.57. The molecule has 0 aliphatic heterocycles. The van der Waals surface area contributed by atoms with Crippen LogP contribution in [0.15, 0.2) is 114 Å². The summed E-state index contributed by atoms with van der Waals surface area (Å²) in [6.07, 6.45) is 0.781. The molecule has 0 fully saturated rings. The number of rotatable bonds is 8. The second-order valence-corrected chi connectivity index (χ2v) is 8.49. The van der Waals surface area contributed by atoms with Gasteiger partial charge in [0.1, 0.15) is 17.1 Å². The summed E-state index contributed by atoms with van der Waals surface area (Å²) < 4.78 is 7.43. The van der Waals surface area contributed by atoms with Crippen molar-refractivity contribution in [2.75, 3.05) is 6.54 Å². The molecule has 0 aliphatic carbocycles. The smallest absolute Gasteiger partial charge is 0.270 e. The number of aryl methyl sites for hydroxylation is 1. The molecule has 2 aromatic heterocycles. The number of carbonyl (C=O) groups is 1. The van der Waals surface area contributed by atoms with Crippen LogP contribution in [0.5, 0.6) is 0 Å². The summed E-state index contributed by atoms with van der Waals surface area (Å²) in [5.41, 5.74) is 4.38. The lowest BCUT2D eigenvalue weighted by molar-refractivity contribution is 0.0945. The van der Waals surface area contributed by atoms with E-state index in [2.05, 4.69) is 58.9 Å². The highest BCUT2D eigenvalue weighted by atomic mass is 16.3. The number of amides is 1. The van der Waals surface area contributed by atoms with Gasteiger partial charge < -0.3 is 9.73 Å². The number of benzene rings is 3. The van der Waals surface area contributed by atoms with E-state index in [0.717, 1.165) is 17.9 Å². The van der Waals surface area contributed by atoms with Crippen LogP contribution >= 0.6 is 0 Å². The van der Waals surface area contributed by atoms with Gasteiger partial charge in [-0.25, -0.2) is 4.68 Å². The van der Waals surface area contributed by atoms with Gasteiger partial charge in [-0.15, -0.1) is 0 Å². The molecular weight excluding hydrogens is 434 g/mol. The predicted octanol–water partition coefficient (Wildman–Crippen LogP) is 6.39. The minimum Gasteiger partial charge on any atom is -0.460 e. The molecule has 3 aromatic carbocycles. The number of para-hydroxylation sites is 1. The van der Waals surface area contributed by atoms with Crippen molar-refractivity contribution < 1.29 is 9.21 Å². The normalized spacial score (nSPS) is 11.0. The number of aromatic nitrogens is 2. The van der Waals surface area contributed by atoms with Crippen LogP contribution in [0, 0.1) is 6.92 Å². The molecule has 0 radical (unpaired) electrons. The lowest BCUT2D eigenvalue weighted by Crippen LogP contribution is -2.28. The van der Waals surface area contributed by atoms with Crippen molar-refractivity contribution in [3.8, 4) is 17.1 Å². The number of hydrogen-bond donors (Lipinski definition) is 1. The Hall–Kier alpha value is -4.38. The van der Waals surface area contributed by atoms with E-state index in [1.165, 1.54) is 11.1 Å². The second kappa shape index (κ2) is 10.3. The first-order chi connectivity index (χ1) is 17.2. The van der Waals surface area contributed by atoms with Crippen LogP contribution < -0.4 is 5.32 Å². The average Bonchev–Trinajstić information content (AvgIpc) is 3.55. The standard InChI is InChI=1S/C30H27N3O2/c1-22-17-18-29(35-22)27-21-28(33(32-27)25-15-9-4-10-16-25)30(34)31-20-19-26(23-11-5-2-6-12-23)24-13-7-3-8-14-24/h2-18,21,26H,19-20H2,1H3,(H,31,34). The zero-order valence-corrected chi connectivity index (χ0v) is 19.6. The number of nitrogens with one attached hydrogen (secondary N) is 1. The summed E-state index contributed by atoms with van der Waals surface area (Å²) >= 11 is 0. The van der Waals surface area contributed by atoms with E-state index in [1.54, 1.807) is 10.7 Å². The van der Waals surface area contributed by atoms with Gasteiger partial charge in [0, 0.05) is 18.5 Å². The maximum atomic E-state index is 13.3. The van der Waals surface area contributed by atoms with Gasteiger partial charge in [0.25, 0.3) is 5.91 Å². The minimum absolute atomic E-state index is 0.171. The third-order valence-electron chi connectivity index (χ3n) is 6.06. The molecule has 0 saturated carbocycles. The van der Waals surface area contributed by atoms with E-state index in [-0.39, 0.29) is 11.8 Å². The van der Waals surface area contributed by atoms with Crippen molar-refractivity contribution >= 4 is 5.91 Å². The highest BCUT2D eigenvalue weighted by Gasteiger charge is 2.20. The fourth-order valence-corrected chi connectivity index (χ4v) is 4.32. The quantitative estimate of drug-likeness (QED) is 0.291. The fourth-order valence-electron chi connectivity index (χ4n) is 4.32. The van der Waals surface area contributed by atoms with Gasteiger partial charge in [0.15, 0.2) is 5.76 Å². The van der Waals surface area contributed by atoms with E-state index < -0.39 is 0 Å². The number of carbonyl (C=O) groups excluding carboxylic acids is 1. The summed E-state index contributed by atoms with van der Waals surface area (Å²) in [7, 11) is 0. The van der Waals surface area contributed by atoms with Crippen LogP contribution in [-0.2, 0) is 0 Å². The Morgan fingerprint density at radius 2 is 1.46 bits per heavy atom. The largest absolute Gasteiger partial charge is 0.460 e. The molecule has 0 spiro atoms. The molecule has 35 heavy (non-hydrogen) atoms. The topological polar surface area (TPSA) is 60.1 Å². The number of furan rings is 1. The van der Waals surface area contributed by atoms with Crippen LogP contribution in [0.1, 0.15) is 39.7 Å². The number of hydrogen-bond acceptors (Lipinski definition) is 3.